The summed E-state index contributed by atoms with van der Waals surface area (Å²) in [6, 6.07) is 1.19. The zero-order chi connectivity index (χ0) is 9.84. The van der Waals surface area contributed by atoms with Crippen LogP contribution >= 0.6 is 11.6 Å². The molecule has 5 heteroatoms. The first kappa shape index (κ1) is 10.1. The summed E-state index contributed by atoms with van der Waals surface area (Å²) in [7, 11) is 0. The minimum absolute atomic E-state index is 0.103. The van der Waals surface area contributed by atoms with E-state index in [1.54, 1.807) is 0 Å². The molecule has 0 saturated carbocycles. The van der Waals surface area contributed by atoms with Crippen LogP contribution in [0.5, 0.6) is 0 Å². The molecule has 0 aliphatic rings. The lowest BCUT2D eigenvalue weighted by Gasteiger charge is -2.03. The van der Waals surface area contributed by atoms with Gasteiger partial charge in [-0.3, -0.25) is 9.78 Å². The molecule has 0 aromatic carbocycles. The Labute approximate surface area is 78.5 Å². The second-order valence-electron chi connectivity index (χ2n) is 2.37. The lowest BCUT2D eigenvalue weighted by Crippen LogP contribution is -1.98. The first-order valence-electron chi connectivity index (χ1n) is 3.47. The molecule has 0 bridgehead atoms. The second kappa shape index (κ2) is 4.28. The number of alkyl halides is 3. The van der Waals surface area contributed by atoms with Gasteiger partial charge in [0.25, 0.3) is 6.43 Å². The Bertz CT molecular complexity index is 317. The van der Waals surface area contributed by atoms with Crippen molar-refractivity contribution in [3.05, 3.63) is 29.1 Å². The summed E-state index contributed by atoms with van der Waals surface area (Å²) >= 11 is 5.43. The molecule has 0 aliphatic carbocycles. The highest BCUT2D eigenvalue weighted by Gasteiger charge is 2.14. The van der Waals surface area contributed by atoms with Crippen LogP contribution in [0.4, 0.5) is 8.78 Å². The molecule has 70 valence electrons. The van der Waals surface area contributed by atoms with E-state index in [0.29, 0.717) is 11.8 Å². The van der Waals surface area contributed by atoms with E-state index in [9.17, 15) is 13.6 Å². The zero-order valence-electron chi connectivity index (χ0n) is 6.51. The second-order valence-corrected chi connectivity index (χ2v) is 2.64. The van der Waals surface area contributed by atoms with Crippen molar-refractivity contribution in [1.82, 2.24) is 4.98 Å². The maximum Gasteiger partial charge on any atom is 0.266 e. The van der Waals surface area contributed by atoms with Crippen LogP contribution in [0, 0.1) is 0 Å². The van der Waals surface area contributed by atoms with Crippen LogP contribution in [-0.4, -0.2) is 11.3 Å². The predicted octanol–water partition coefficient (Wildman–Crippen LogP) is 2.57. The Morgan fingerprint density at radius 1 is 1.62 bits per heavy atom. The fourth-order valence-corrected chi connectivity index (χ4v) is 1.03. The van der Waals surface area contributed by atoms with Crippen molar-refractivity contribution in [2.75, 3.05) is 0 Å². The highest BCUT2D eigenvalue weighted by atomic mass is 35.5. The number of pyridine rings is 1. The highest BCUT2D eigenvalue weighted by Crippen LogP contribution is 2.22. The zero-order valence-corrected chi connectivity index (χ0v) is 7.26. The van der Waals surface area contributed by atoms with Gasteiger partial charge in [-0.2, -0.15) is 0 Å². The number of nitrogens with zero attached hydrogens (tertiary/aromatic N) is 1. The summed E-state index contributed by atoms with van der Waals surface area (Å²) in [5.41, 5.74) is -0.125. The predicted molar refractivity (Wildman–Crippen MR) is 44.1 cm³/mol. The molecule has 1 aromatic rings. The number of rotatable bonds is 3. The van der Waals surface area contributed by atoms with Crippen LogP contribution in [0.15, 0.2) is 12.3 Å². The summed E-state index contributed by atoms with van der Waals surface area (Å²) in [5.74, 6) is 0.103. The summed E-state index contributed by atoms with van der Waals surface area (Å²) in [6.07, 6.45) is -1.09. The quantitative estimate of drug-likeness (QED) is 0.561. The van der Waals surface area contributed by atoms with Gasteiger partial charge in [0.2, 0.25) is 0 Å². The minimum atomic E-state index is -2.70. The summed E-state index contributed by atoms with van der Waals surface area (Å²) in [4.78, 5) is 13.9. The molecule has 13 heavy (non-hydrogen) atoms. The van der Waals surface area contributed by atoms with E-state index in [4.69, 9.17) is 11.6 Å². The molecule has 0 radical (unpaired) electrons. The van der Waals surface area contributed by atoms with Crippen LogP contribution in [0.25, 0.3) is 0 Å². The average Bonchev–Trinajstić information content (AvgIpc) is 2.16. The van der Waals surface area contributed by atoms with Gasteiger partial charge in [-0.05, 0) is 11.6 Å². The third-order valence-electron chi connectivity index (χ3n) is 1.51. The van der Waals surface area contributed by atoms with Crippen molar-refractivity contribution in [2.24, 2.45) is 0 Å². The summed E-state index contributed by atoms with van der Waals surface area (Å²) < 4.78 is 24.6. The van der Waals surface area contributed by atoms with Crippen LogP contribution < -0.4 is 0 Å². The fourth-order valence-electron chi connectivity index (χ4n) is 0.884. The molecular weight excluding hydrogens is 200 g/mol. The van der Waals surface area contributed by atoms with E-state index >= 15 is 0 Å². The third-order valence-corrected chi connectivity index (χ3v) is 1.82. The third kappa shape index (κ3) is 2.21. The van der Waals surface area contributed by atoms with E-state index in [0.717, 1.165) is 0 Å². The lowest BCUT2D eigenvalue weighted by atomic mass is 10.1. The molecule has 0 amide bonds. The number of halogens is 3. The van der Waals surface area contributed by atoms with E-state index in [1.807, 2.05) is 0 Å². The van der Waals surface area contributed by atoms with Crippen LogP contribution in [0.1, 0.15) is 28.0 Å². The average molecular weight is 206 g/mol. The van der Waals surface area contributed by atoms with E-state index in [1.165, 1.54) is 12.3 Å². The maximum atomic E-state index is 12.3. The van der Waals surface area contributed by atoms with Crippen molar-refractivity contribution in [3.63, 3.8) is 0 Å². The molecule has 0 unspecified atom stereocenters. The van der Waals surface area contributed by atoms with E-state index in [2.05, 4.69) is 4.98 Å². The number of carbonyl (C=O) groups excluding carboxylic acids is 1. The lowest BCUT2D eigenvalue weighted by molar-refractivity contribution is 0.110. The Balaban J connectivity index is 3.17. The summed E-state index contributed by atoms with van der Waals surface area (Å²) in [6.45, 7) is 0. The summed E-state index contributed by atoms with van der Waals surface area (Å²) in [5, 5.41) is 0. The van der Waals surface area contributed by atoms with Crippen molar-refractivity contribution < 1.29 is 13.6 Å². The molecule has 0 atom stereocenters. The van der Waals surface area contributed by atoms with E-state index < -0.39 is 6.43 Å². The molecule has 2 nitrogen and oxygen atoms in total. The normalized spacial score (nSPS) is 10.5. The van der Waals surface area contributed by atoms with Gasteiger partial charge in [-0.1, -0.05) is 0 Å². The van der Waals surface area contributed by atoms with Crippen LogP contribution in [0.2, 0.25) is 0 Å². The Morgan fingerprint density at radius 2 is 2.31 bits per heavy atom. The first-order valence-corrected chi connectivity index (χ1v) is 4.00. The molecule has 0 spiro atoms. The largest absolute Gasteiger partial charge is 0.296 e. The molecule has 0 N–H and O–H groups in total. The van der Waals surface area contributed by atoms with Gasteiger partial charge in [0.05, 0.1) is 0 Å². The first-order chi connectivity index (χ1) is 6.19. The van der Waals surface area contributed by atoms with Crippen molar-refractivity contribution in [2.45, 2.75) is 12.3 Å². The van der Waals surface area contributed by atoms with Gasteiger partial charge in [0, 0.05) is 17.6 Å². The van der Waals surface area contributed by atoms with E-state index in [-0.39, 0.29) is 17.1 Å². The number of carbonyl (C=O) groups is 1. The number of hydrogen-bond donors (Lipinski definition) is 0. The van der Waals surface area contributed by atoms with Gasteiger partial charge < -0.3 is 0 Å². The molecule has 1 rings (SSSR count). The Kier molecular flexibility index (Phi) is 3.31. The minimum Gasteiger partial charge on any atom is -0.296 e. The number of hydrogen-bond acceptors (Lipinski definition) is 2. The molecular formula is C8H6ClF2NO. The molecule has 0 aliphatic heterocycles. The SMILES string of the molecule is O=Cc1ncc(CCl)cc1C(F)F. The van der Waals surface area contributed by atoms with Gasteiger partial charge in [0.15, 0.2) is 6.29 Å². The molecule has 0 fully saturated rings. The Hall–Kier alpha value is -1.03. The van der Waals surface area contributed by atoms with Crippen LogP contribution in [0.3, 0.4) is 0 Å². The molecule has 1 aromatic heterocycles. The number of aromatic nitrogens is 1. The topological polar surface area (TPSA) is 30.0 Å². The standard InChI is InChI=1S/C8H6ClF2NO/c9-2-5-1-6(8(10)11)7(4-13)12-3-5/h1,3-4,8H,2H2. The Morgan fingerprint density at radius 3 is 2.77 bits per heavy atom. The molecule has 1 heterocycles. The maximum absolute atomic E-state index is 12.3. The van der Waals surface area contributed by atoms with Crippen molar-refractivity contribution >= 4 is 17.9 Å². The van der Waals surface area contributed by atoms with Gasteiger partial charge in [0.1, 0.15) is 5.69 Å². The van der Waals surface area contributed by atoms with Crippen molar-refractivity contribution in [1.29, 1.82) is 0 Å². The van der Waals surface area contributed by atoms with Gasteiger partial charge >= 0.3 is 0 Å². The van der Waals surface area contributed by atoms with Crippen LogP contribution in [-0.2, 0) is 5.88 Å². The monoisotopic (exact) mass is 205 g/mol. The highest BCUT2D eigenvalue weighted by molar-refractivity contribution is 6.17. The van der Waals surface area contributed by atoms with Gasteiger partial charge in [-0.15, -0.1) is 11.6 Å². The number of aldehydes is 1. The molecule has 0 saturated heterocycles. The van der Waals surface area contributed by atoms with Gasteiger partial charge in [-0.25, -0.2) is 8.78 Å². The smallest absolute Gasteiger partial charge is 0.266 e. The van der Waals surface area contributed by atoms with Crippen molar-refractivity contribution in [3.8, 4) is 0 Å². The fraction of sp³-hybridized carbons (Fsp3) is 0.250.